The van der Waals surface area contributed by atoms with Crippen molar-refractivity contribution in [2.24, 2.45) is 0 Å². The van der Waals surface area contributed by atoms with Gasteiger partial charge in [-0.2, -0.15) is 0 Å². The molecule has 0 spiro atoms. The van der Waals surface area contributed by atoms with Crippen molar-refractivity contribution in [3.05, 3.63) is 162 Å². The zero-order valence-corrected chi connectivity index (χ0v) is 26.2. The lowest BCUT2D eigenvalue weighted by Crippen LogP contribution is -2.14. The van der Waals surface area contributed by atoms with Crippen LogP contribution in [-0.4, -0.2) is 15.0 Å². The Morgan fingerprint density at radius 2 is 0.870 bits per heavy atom. The predicted molar refractivity (Wildman–Crippen MR) is 189 cm³/mol. The summed E-state index contributed by atoms with van der Waals surface area (Å²) in [5.74, 6) is 1.98. The van der Waals surface area contributed by atoms with Crippen molar-refractivity contribution in [3.8, 4) is 67.5 Å². The van der Waals surface area contributed by atoms with Gasteiger partial charge in [-0.15, -0.1) is 0 Å². The SMILES string of the molecule is Cc1ccc(-c2nc(-c3ccccc3)nc(-c3ccccc3)n2)cc1-c1cccc(-c2ccc3c(c2)-c2ccccc2C3(C)C)c1. The number of benzene rings is 6. The zero-order valence-electron chi connectivity index (χ0n) is 26.2. The van der Waals surface area contributed by atoms with E-state index in [-0.39, 0.29) is 5.41 Å². The maximum atomic E-state index is 4.97. The maximum Gasteiger partial charge on any atom is 0.164 e. The van der Waals surface area contributed by atoms with Gasteiger partial charge in [0.25, 0.3) is 0 Å². The van der Waals surface area contributed by atoms with Gasteiger partial charge in [-0.3, -0.25) is 0 Å². The van der Waals surface area contributed by atoms with Crippen LogP contribution in [0.25, 0.3) is 67.5 Å². The molecule has 0 N–H and O–H groups in total. The van der Waals surface area contributed by atoms with Crippen LogP contribution in [0.1, 0.15) is 30.5 Å². The van der Waals surface area contributed by atoms with Gasteiger partial charge >= 0.3 is 0 Å². The lowest BCUT2D eigenvalue weighted by molar-refractivity contribution is 0.660. The number of hydrogen-bond donors (Lipinski definition) is 0. The van der Waals surface area contributed by atoms with Gasteiger partial charge in [-0.05, 0) is 75.2 Å². The second-order valence-corrected chi connectivity index (χ2v) is 12.6. The minimum Gasteiger partial charge on any atom is -0.208 e. The molecule has 0 saturated carbocycles. The third-order valence-electron chi connectivity index (χ3n) is 9.29. The van der Waals surface area contributed by atoms with Crippen molar-refractivity contribution in [1.29, 1.82) is 0 Å². The molecule has 3 heteroatoms. The van der Waals surface area contributed by atoms with Gasteiger partial charge in [-0.25, -0.2) is 15.0 Å². The molecule has 0 aliphatic heterocycles. The third kappa shape index (κ3) is 4.81. The number of aryl methyl sites for hydroxylation is 1. The Morgan fingerprint density at radius 3 is 1.57 bits per heavy atom. The van der Waals surface area contributed by atoms with E-state index in [4.69, 9.17) is 15.0 Å². The molecule has 0 unspecified atom stereocenters. The van der Waals surface area contributed by atoms with Crippen LogP contribution in [0.2, 0.25) is 0 Å². The van der Waals surface area contributed by atoms with Gasteiger partial charge in [0.05, 0.1) is 0 Å². The largest absolute Gasteiger partial charge is 0.208 e. The van der Waals surface area contributed by atoms with Crippen LogP contribution >= 0.6 is 0 Å². The minimum atomic E-state index is -0.000359. The Labute approximate surface area is 270 Å². The summed E-state index contributed by atoms with van der Waals surface area (Å²) in [4.78, 5) is 14.8. The van der Waals surface area contributed by atoms with E-state index < -0.39 is 0 Å². The van der Waals surface area contributed by atoms with Gasteiger partial charge in [-0.1, -0.05) is 141 Å². The molecule has 0 atom stereocenters. The number of aromatic nitrogens is 3. The molecule has 6 aromatic carbocycles. The Kier molecular flexibility index (Phi) is 6.69. The van der Waals surface area contributed by atoms with E-state index in [0.29, 0.717) is 17.5 Å². The first-order valence-electron chi connectivity index (χ1n) is 15.8. The van der Waals surface area contributed by atoms with E-state index in [1.807, 2.05) is 60.7 Å². The molecule has 0 amide bonds. The van der Waals surface area contributed by atoms with Crippen molar-refractivity contribution in [2.75, 3.05) is 0 Å². The smallest absolute Gasteiger partial charge is 0.164 e. The van der Waals surface area contributed by atoms with Gasteiger partial charge in [0.15, 0.2) is 17.5 Å². The number of fused-ring (bicyclic) bond motifs is 3. The summed E-state index contributed by atoms with van der Waals surface area (Å²) in [5, 5.41) is 0. The third-order valence-corrected chi connectivity index (χ3v) is 9.29. The highest BCUT2D eigenvalue weighted by molar-refractivity contribution is 5.85. The quantitative estimate of drug-likeness (QED) is 0.200. The van der Waals surface area contributed by atoms with Crippen molar-refractivity contribution < 1.29 is 0 Å². The highest BCUT2D eigenvalue weighted by Crippen LogP contribution is 2.49. The van der Waals surface area contributed by atoms with Gasteiger partial charge in [0, 0.05) is 22.1 Å². The van der Waals surface area contributed by atoms with E-state index in [2.05, 4.69) is 106 Å². The highest BCUT2D eigenvalue weighted by atomic mass is 15.0. The predicted octanol–water partition coefficient (Wildman–Crippen LogP) is 10.8. The lowest BCUT2D eigenvalue weighted by Gasteiger charge is -2.21. The standard InChI is InChI=1S/C43H33N3/c1-28-21-22-34(42-45-40(29-13-6-4-7-14-29)44-41(46-42)30-15-8-5-9-16-30)27-36(28)33-18-12-17-31(25-33)32-23-24-39-37(26-32)35-19-10-11-20-38(35)43(39,2)3/h4-27H,1-3H3. The molecule has 220 valence electrons. The lowest BCUT2D eigenvalue weighted by atomic mass is 9.82. The van der Waals surface area contributed by atoms with Crippen molar-refractivity contribution in [1.82, 2.24) is 15.0 Å². The summed E-state index contributed by atoms with van der Waals surface area (Å²) >= 11 is 0. The van der Waals surface area contributed by atoms with Crippen molar-refractivity contribution in [3.63, 3.8) is 0 Å². The van der Waals surface area contributed by atoms with E-state index in [1.165, 1.54) is 44.5 Å². The summed E-state index contributed by atoms with van der Waals surface area (Å²) in [7, 11) is 0. The fraction of sp³-hybridized carbons (Fsp3) is 0.0930. The van der Waals surface area contributed by atoms with Crippen molar-refractivity contribution >= 4 is 0 Å². The zero-order chi connectivity index (χ0) is 31.3. The molecule has 0 bridgehead atoms. The molecule has 0 fully saturated rings. The number of rotatable bonds is 5. The summed E-state index contributed by atoms with van der Waals surface area (Å²) in [6, 6.07) is 51.4. The first-order valence-corrected chi connectivity index (χ1v) is 15.8. The molecule has 3 nitrogen and oxygen atoms in total. The summed E-state index contributed by atoms with van der Waals surface area (Å²) < 4.78 is 0. The number of nitrogens with zero attached hydrogens (tertiary/aromatic N) is 3. The monoisotopic (exact) mass is 591 g/mol. The fourth-order valence-corrected chi connectivity index (χ4v) is 6.78. The van der Waals surface area contributed by atoms with Crippen LogP contribution in [0, 0.1) is 6.92 Å². The molecule has 8 rings (SSSR count). The molecule has 7 aromatic rings. The fourth-order valence-electron chi connectivity index (χ4n) is 6.78. The van der Waals surface area contributed by atoms with Crippen LogP contribution in [0.5, 0.6) is 0 Å². The molecule has 0 saturated heterocycles. The Hall–Kier alpha value is -5.67. The molecule has 1 aromatic heterocycles. The second-order valence-electron chi connectivity index (χ2n) is 12.6. The Bertz CT molecular complexity index is 2180. The summed E-state index contributed by atoms with van der Waals surface area (Å²) in [6.07, 6.45) is 0. The second kappa shape index (κ2) is 11.0. The molecule has 0 radical (unpaired) electrons. The van der Waals surface area contributed by atoms with E-state index >= 15 is 0 Å². The first-order chi connectivity index (χ1) is 22.5. The molecular formula is C43H33N3. The topological polar surface area (TPSA) is 38.7 Å². The maximum absolute atomic E-state index is 4.97. The molecule has 46 heavy (non-hydrogen) atoms. The average Bonchev–Trinajstić information content (AvgIpc) is 3.34. The van der Waals surface area contributed by atoms with Crippen molar-refractivity contribution in [2.45, 2.75) is 26.2 Å². The molecule has 1 aliphatic carbocycles. The normalized spacial score (nSPS) is 12.8. The van der Waals surface area contributed by atoms with E-state index in [1.54, 1.807) is 0 Å². The molecule has 1 aliphatic rings. The highest BCUT2D eigenvalue weighted by Gasteiger charge is 2.35. The van der Waals surface area contributed by atoms with Crippen LogP contribution in [0.15, 0.2) is 146 Å². The molecular weight excluding hydrogens is 558 g/mol. The van der Waals surface area contributed by atoms with Crippen LogP contribution in [0.4, 0.5) is 0 Å². The average molecular weight is 592 g/mol. The van der Waals surface area contributed by atoms with E-state index in [0.717, 1.165) is 22.3 Å². The van der Waals surface area contributed by atoms with Crippen LogP contribution in [0.3, 0.4) is 0 Å². The minimum absolute atomic E-state index is 0.000359. The Morgan fingerprint density at radius 1 is 0.370 bits per heavy atom. The van der Waals surface area contributed by atoms with Gasteiger partial charge in [0.1, 0.15) is 0 Å². The van der Waals surface area contributed by atoms with Gasteiger partial charge in [0.2, 0.25) is 0 Å². The summed E-state index contributed by atoms with van der Waals surface area (Å²) in [5.41, 5.74) is 14.3. The summed E-state index contributed by atoms with van der Waals surface area (Å²) in [6.45, 7) is 6.82. The number of hydrogen-bond acceptors (Lipinski definition) is 3. The Balaban J connectivity index is 1.21. The first kappa shape index (κ1) is 27.8. The van der Waals surface area contributed by atoms with Crippen LogP contribution in [-0.2, 0) is 5.41 Å². The van der Waals surface area contributed by atoms with Gasteiger partial charge < -0.3 is 0 Å². The molecule has 1 heterocycles. The van der Waals surface area contributed by atoms with E-state index in [9.17, 15) is 0 Å². The van der Waals surface area contributed by atoms with Crippen LogP contribution < -0.4 is 0 Å².